The number of carbonyl (C=O) groups is 2. The van der Waals surface area contributed by atoms with E-state index >= 15 is 0 Å². The Morgan fingerprint density at radius 3 is 2.79 bits per heavy atom. The van der Waals surface area contributed by atoms with Gasteiger partial charge in [-0.05, 0) is 62.4 Å². The summed E-state index contributed by atoms with van der Waals surface area (Å²) in [6.07, 6.45) is 4.04. The van der Waals surface area contributed by atoms with Crippen molar-refractivity contribution in [3.63, 3.8) is 0 Å². The molecule has 0 bridgehead atoms. The van der Waals surface area contributed by atoms with Gasteiger partial charge in [0.05, 0.1) is 22.8 Å². The zero-order valence-corrected chi connectivity index (χ0v) is 23.3. The smallest absolute Gasteiger partial charge is 0.409 e. The van der Waals surface area contributed by atoms with Gasteiger partial charge in [0, 0.05) is 54.4 Å². The first kappa shape index (κ1) is 28.1. The molecule has 1 aliphatic heterocycles. The number of piperazine rings is 1. The van der Waals surface area contributed by atoms with Crippen molar-refractivity contribution in [3.8, 4) is 0 Å². The Bertz CT molecular complexity index is 1360. The highest BCUT2D eigenvalue weighted by Gasteiger charge is 2.32. The number of carbonyl (C=O) groups excluding carboxylic acids is 2. The number of fused-ring (bicyclic) bond motifs is 2. The summed E-state index contributed by atoms with van der Waals surface area (Å²) in [5.74, 6) is -0.482. The summed E-state index contributed by atoms with van der Waals surface area (Å²) in [5, 5.41) is 1.45. The van der Waals surface area contributed by atoms with Crippen molar-refractivity contribution in [2.45, 2.75) is 51.5 Å². The molecule has 1 aliphatic carbocycles. The van der Waals surface area contributed by atoms with Gasteiger partial charge in [-0.25, -0.2) is 9.18 Å². The fourth-order valence-corrected chi connectivity index (χ4v) is 5.69. The van der Waals surface area contributed by atoms with Gasteiger partial charge in [0.1, 0.15) is 5.82 Å². The monoisotopic (exact) mass is 558 g/mol. The summed E-state index contributed by atoms with van der Waals surface area (Å²) in [6, 6.07) is 8.30. The van der Waals surface area contributed by atoms with E-state index < -0.39 is 0 Å². The fourth-order valence-electron chi connectivity index (χ4n) is 5.33. The maximum Gasteiger partial charge on any atom is 0.409 e. The molecule has 3 heterocycles. The second kappa shape index (κ2) is 11.9. The van der Waals surface area contributed by atoms with Gasteiger partial charge in [-0.2, -0.15) is 13.5 Å². The number of rotatable bonds is 4. The van der Waals surface area contributed by atoms with Crippen LogP contribution in [0.3, 0.4) is 0 Å². The highest BCUT2D eigenvalue weighted by atomic mass is 35.5. The second-order valence-electron chi connectivity index (χ2n) is 9.80. The quantitative estimate of drug-likeness (QED) is 0.422. The van der Waals surface area contributed by atoms with Crippen LogP contribution in [0.2, 0.25) is 5.02 Å². The molecule has 3 aromatic rings. The summed E-state index contributed by atoms with van der Waals surface area (Å²) >= 11 is 6.80. The molecule has 202 valence electrons. The van der Waals surface area contributed by atoms with E-state index in [2.05, 4.69) is 4.98 Å². The molecule has 2 unspecified atom stereocenters. The molecule has 1 aromatic carbocycles. The molecule has 1 fully saturated rings. The van der Waals surface area contributed by atoms with Crippen molar-refractivity contribution in [3.05, 3.63) is 69.9 Å². The Kier molecular flexibility index (Phi) is 8.78. The molecule has 5 rings (SSSR count). The van der Waals surface area contributed by atoms with Crippen LogP contribution in [0, 0.1) is 5.82 Å². The van der Waals surface area contributed by atoms with Crippen molar-refractivity contribution in [1.29, 1.82) is 0 Å². The topological polar surface area (TPSA) is 75.6 Å². The molecule has 0 saturated carbocycles. The number of amides is 2. The highest BCUT2D eigenvalue weighted by molar-refractivity contribution is 7.59. The number of aromatic nitrogens is 2. The Hall–Kier alpha value is -2.91. The van der Waals surface area contributed by atoms with Crippen LogP contribution in [0.15, 0.2) is 36.5 Å². The maximum atomic E-state index is 14.4. The van der Waals surface area contributed by atoms with Gasteiger partial charge in [-0.15, -0.1) is 0 Å². The summed E-state index contributed by atoms with van der Waals surface area (Å²) < 4.78 is 19.6. The molecule has 10 heteroatoms. The first-order valence-electron chi connectivity index (χ1n) is 12.8. The highest BCUT2D eigenvalue weighted by Crippen LogP contribution is 2.38. The van der Waals surface area contributed by atoms with Gasteiger partial charge >= 0.3 is 6.09 Å². The minimum Gasteiger partial charge on any atom is -0.449 e. The number of hydrogen-bond acceptors (Lipinski definition) is 5. The predicted molar refractivity (Wildman–Crippen MR) is 150 cm³/mol. The molecular formula is C28H32ClFN4O3S. The maximum absolute atomic E-state index is 14.4. The normalized spacial score (nSPS) is 19.1. The van der Waals surface area contributed by atoms with Crippen LogP contribution in [0.1, 0.15) is 59.9 Å². The molecule has 0 spiro atoms. The molecule has 7 nitrogen and oxygen atoms in total. The first-order valence-corrected chi connectivity index (χ1v) is 13.2. The standard InChI is InChI=1S/C28H30ClFN4O3.H2S/c1-3-13-37-28(36)33-11-12-34(17(2)16-33)27(35)19-7-9-21-24(15-19)32-23-14-18(6-8-20(23)25(21)29)26-22(30)5-4-10-31-26;/h4-5,7,9-10,15,17-18H,3,6,8,11-14,16H2,1-2H3;1H2. The SMILES string of the molecule is CCCOC(=O)N1CCN(C(=O)c2ccc3c(Cl)c4c(nc3c2)CC(c2ncccc2F)CC4)C(C)C1.S. The third kappa shape index (κ3) is 5.45. The molecule has 1 saturated heterocycles. The van der Waals surface area contributed by atoms with Crippen LogP contribution in [0.25, 0.3) is 10.9 Å². The van der Waals surface area contributed by atoms with E-state index in [4.69, 9.17) is 21.3 Å². The lowest BCUT2D eigenvalue weighted by molar-refractivity contribution is 0.0414. The summed E-state index contributed by atoms with van der Waals surface area (Å²) in [6.45, 7) is 5.54. The predicted octanol–water partition coefficient (Wildman–Crippen LogP) is 5.50. The van der Waals surface area contributed by atoms with E-state index in [0.29, 0.717) is 60.9 Å². The lowest BCUT2D eigenvalue weighted by Gasteiger charge is -2.39. The van der Waals surface area contributed by atoms with Gasteiger partial charge < -0.3 is 14.5 Å². The minimum absolute atomic E-state index is 0. The van der Waals surface area contributed by atoms with Crippen molar-refractivity contribution in [2.75, 3.05) is 26.2 Å². The molecule has 0 radical (unpaired) electrons. The number of nitrogens with zero attached hydrogens (tertiary/aromatic N) is 4. The second-order valence-corrected chi connectivity index (χ2v) is 10.2. The van der Waals surface area contributed by atoms with E-state index in [-0.39, 0.29) is 43.3 Å². The number of pyridine rings is 2. The summed E-state index contributed by atoms with van der Waals surface area (Å²) in [7, 11) is 0. The lowest BCUT2D eigenvalue weighted by Crippen LogP contribution is -2.55. The largest absolute Gasteiger partial charge is 0.449 e. The average molecular weight is 559 g/mol. The fraction of sp³-hybridized carbons (Fsp3) is 0.429. The van der Waals surface area contributed by atoms with Crippen LogP contribution in [-0.2, 0) is 17.6 Å². The van der Waals surface area contributed by atoms with Gasteiger partial charge in [0.15, 0.2) is 0 Å². The van der Waals surface area contributed by atoms with Gasteiger partial charge in [-0.1, -0.05) is 24.6 Å². The van der Waals surface area contributed by atoms with Crippen molar-refractivity contribution in [1.82, 2.24) is 19.8 Å². The van der Waals surface area contributed by atoms with Gasteiger partial charge in [0.25, 0.3) is 5.91 Å². The van der Waals surface area contributed by atoms with Crippen molar-refractivity contribution in [2.24, 2.45) is 0 Å². The molecule has 0 N–H and O–H groups in total. The van der Waals surface area contributed by atoms with E-state index in [1.807, 2.05) is 19.9 Å². The number of benzene rings is 1. The Morgan fingerprint density at radius 1 is 1.24 bits per heavy atom. The number of ether oxygens (including phenoxy) is 1. The molecule has 2 amide bonds. The van der Waals surface area contributed by atoms with E-state index in [0.717, 1.165) is 29.5 Å². The van der Waals surface area contributed by atoms with E-state index in [1.165, 1.54) is 6.07 Å². The van der Waals surface area contributed by atoms with E-state index in [9.17, 15) is 14.0 Å². The first-order chi connectivity index (χ1) is 17.9. The van der Waals surface area contributed by atoms with Crippen LogP contribution < -0.4 is 0 Å². The Morgan fingerprint density at radius 2 is 2.05 bits per heavy atom. The van der Waals surface area contributed by atoms with Crippen LogP contribution in [0.4, 0.5) is 9.18 Å². The molecular weight excluding hydrogens is 527 g/mol. The molecule has 2 atom stereocenters. The van der Waals surface area contributed by atoms with Crippen LogP contribution in [0.5, 0.6) is 0 Å². The zero-order valence-electron chi connectivity index (χ0n) is 21.5. The molecule has 2 aromatic heterocycles. The van der Waals surface area contributed by atoms with Crippen molar-refractivity contribution < 1.29 is 18.7 Å². The average Bonchev–Trinajstić information content (AvgIpc) is 2.91. The summed E-state index contributed by atoms with van der Waals surface area (Å²) in [4.78, 5) is 38.2. The Balaban J connectivity index is 0.00000336. The third-order valence-corrected chi connectivity index (χ3v) is 7.71. The van der Waals surface area contributed by atoms with Gasteiger partial charge in [0.2, 0.25) is 0 Å². The lowest BCUT2D eigenvalue weighted by atomic mass is 9.84. The van der Waals surface area contributed by atoms with Crippen LogP contribution in [-0.4, -0.2) is 64.1 Å². The summed E-state index contributed by atoms with van der Waals surface area (Å²) in [5.41, 5.74) is 3.44. The molecule has 2 aliphatic rings. The molecule has 38 heavy (non-hydrogen) atoms. The number of hydrogen-bond donors (Lipinski definition) is 0. The van der Waals surface area contributed by atoms with E-state index in [1.54, 1.807) is 34.2 Å². The van der Waals surface area contributed by atoms with Crippen molar-refractivity contribution >= 4 is 48.0 Å². The zero-order chi connectivity index (χ0) is 26.1. The third-order valence-electron chi connectivity index (χ3n) is 7.28. The Labute approximate surface area is 233 Å². The number of halogens is 2. The minimum atomic E-state index is -0.334. The van der Waals surface area contributed by atoms with Gasteiger partial charge in [-0.3, -0.25) is 14.8 Å². The van der Waals surface area contributed by atoms with Crippen LogP contribution >= 0.6 is 25.1 Å².